The molecule has 3 aliphatic rings. The Kier molecular flexibility index (Phi) is 5.52. The van der Waals surface area contributed by atoms with Gasteiger partial charge in [-0.05, 0) is 30.4 Å². The van der Waals surface area contributed by atoms with E-state index in [1.54, 1.807) is 0 Å². The Morgan fingerprint density at radius 2 is 1.60 bits per heavy atom. The Labute approximate surface area is 187 Å². The second-order valence-corrected chi connectivity index (χ2v) is 9.77. The zero-order chi connectivity index (χ0) is 21.7. The molecule has 30 heavy (non-hydrogen) atoms. The van der Waals surface area contributed by atoms with Crippen molar-refractivity contribution in [2.24, 2.45) is 23.7 Å². The molecule has 0 aromatic heterocycles. The molecule has 2 bridgehead atoms. The minimum absolute atomic E-state index is 0.0468. The van der Waals surface area contributed by atoms with E-state index >= 15 is 0 Å². The van der Waals surface area contributed by atoms with E-state index < -0.39 is 41.7 Å². The number of halogens is 2. The van der Waals surface area contributed by atoms with Gasteiger partial charge in [0.05, 0.1) is 16.8 Å². The van der Waals surface area contributed by atoms with Crippen molar-refractivity contribution in [2.45, 2.75) is 16.1 Å². The number of ether oxygens (including phenoxy) is 1. The van der Waals surface area contributed by atoms with Crippen molar-refractivity contribution < 1.29 is 28.8 Å². The highest BCUT2D eigenvalue weighted by Crippen LogP contribution is 2.60. The van der Waals surface area contributed by atoms with E-state index in [4.69, 9.17) is 4.74 Å². The molecule has 11 heteroatoms. The fourth-order valence-electron chi connectivity index (χ4n) is 4.74. The first-order valence-corrected chi connectivity index (χ1v) is 11.1. The smallest absolute Gasteiger partial charge is 0.326 e. The first-order chi connectivity index (χ1) is 14.2. The van der Waals surface area contributed by atoms with Crippen molar-refractivity contribution in [1.29, 1.82) is 0 Å². The van der Waals surface area contributed by atoms with Gasteiger partial charge >= 0.3 is 5.97 Å². The number of nitrogens with zero attached hydrogens (tertiary/aromatic N) is 2. The van der Waals surface area contributed by atoms with Gasteiger partial charge in [-0.2, -0.15) is 0 Å². The van der Waals surface area contributed by atoms with Gasteiger partial charge in [-0.25, -0.2) is 0 Å². The van der Waals surface area contributed by atoms with E-state index in [1.165, 1.54) is 24.3 Å². The minimum atomic E-state index is -0.856. The maximum absolute atomic E-state index is 12.8. The number of hydrogen-bond acceptors (Lipinski definition) is 7. The van der Waals surface area contributed by atoms with Crippen LogP contribution in [0.3, 0.4) is 0 Å². The van der Waals surface area contributed by atoms with Crippen LogP contribution in [-0.2, 0) is 19.1 Å². The average Bonchev–Trinajstić information content (AvgIpc) is 3.33. The molecular weight excluding hydrogens is 528 g/mol. The van der Waals surface area contributed by atoms with Crippen molar-refractivity contribution in [3.8, 4) is 0 Å². The van der Waals surface area contributed by atoms with E-state index in [0.717, 1.165) is 11.3 Å². The topological polar surface area (TPSA) is 124 Å². The summed E-state index contributed by atoms with van der Waals surface area (Å²) in [6, 6.07) is 4.90. The fourth-order valence-corrected chi connectivity index (χ4v) is 6.61. The van der Waals surface area contributed by atoms with Crippen molar-refractivity contribution in [2.75, 3.05) is 13.2 Å². The van der Waals surface area contributed by atoms with E-state index in [0.29, 0.717) is 0 Å². The second kappa shape index (κ2) is 7.84. The summed E-state index contributed by atoms with van der Waals surface area (Å²) in [6.45, 7) is -1.12. The Morgan fingerprint density at radius 3 is 2.10 bits per heavy atom. The summed E-state index contributed by atoms with van der Waals surface area (Å²) in [7, 11) is 0. The number of rotatable bonds is 6. The number of fused-ring (bicyclic) bond motifs is 5. The van der Waals surface area contributed by atoms with Crippen molar-refractivity contribution in [3.05, 3.63) is 39.9 Å². The van der Waals surface area contributed by atoms with Gasteiger partial charge in [0.1, 0.15) is 6.54 Å². The van der Waals surface area contributed by atoms with Crippen LogP contribution in [0.4, 0.5) is 5.69 Å². The van der Waals surface area contributed by atoms with Crippen LogP contribution in [0.2, 0.25) is 0 Å². The zero-order valence-electron chi connectivity index (χ0n) is 15.4. The molecule has 1 heterocycles. The Hall–Kier alpha value is -2.14. The highest BCUT2D eigenvalue weighted by molar-refractivity contribution is 9.12. The lowest BCUT2D eigenvalue weighted by Gasteiger charge is -2.28. The highest BCUT2D eigenvalue weighted by atomic mass is 79.9. The van der Waals surface area contributed by atoms with Crippen LogP contribution in [0.25, 0.3) is 0 Å². The average molecular weight is 544 g/mol. The van der Waals surface area contributed by atoms with Crippen molar-refractivity contribution >= 4 is 61.1 Å². The lowest BCUT2D eigenvalue weighted by molar-refractivity contribution is -0.384. The molecule has 1 aromatic carbocycles. The van der Waals surface area contributed by atoms with Gasteiger partial charge in [0, 0.05) is 27.4 Å². The molecule has 2 aliphatic carbocycles. The van der Waals surface area contributed by atoms with Gasteiger partial charge in [-0.3, -0.25) is 34.2 Å². The van der Waals surface area contributed by atoms with Gasteiger partial charge in [0.15, 0.2) is 12.4 Å². The molecule has 2 amide bonds. The van der Waals surface area contributed by atoms with E-state index in [2.05, 4.69) is 31.9 Å². The standard InChI is InChI=1S/C19H16Br2N2O7/c20-16-10-5-11(17(16)21)15-14(10)18(26)22(19(15)27)6-13(25)30-7-12(24)8-1-3-9(4-2-8)23(28)29/h1-4,10-11,14-17H,5-7H2/t10-,11-,14-,15-,16-,17+/m1/s1. The molecule has 0 spiro atoms. The Balaban J connectivity index is 1.34. The van der Waals surface area contributed by atoms with Crippen LogP contribution in [0, 0.1) is 33.8 Å². The number of likely N-dealkylation sites (tertiary alicyclic amines) is 1. The number of imide groups is 1. The quantitative estimate of drug-likeness (QED) is 0.134. The lowest BCUT2D eigenvalue weighted by atomic mass is 9.81. The molecule has 9 nitrogen and oxygen atoms in total. The third-order valence-corrected chi connectivity index (χ3v) is 9.34. The highest BCUT2D eigenvalue weighted by Gasteiger charge is 2.66. The number of hydrogen-bond donors (Lipinski definition) is 0. The Morgan fingerprint density at radius 1 is 1.07 bits per heavy atom. The zero-order valence-corrected chi connectivity index (χ0v) is 18.6. The summed E-state index contributed by atoms with van der Waals surface area (Å²) in [5, 5.41) is 10.7. The summed E-state index contributed by atoms with van der Waals surface area (Å²) >= 11 is 7.19. The number of non-ortho nitro benzene ring substituents is 1. The van der Waals surface area contributed by atoms with Crippen LogP contribution in [0.1, 0.15) is 16.8 Å². The largest absolute Gasteiger partial charge is 0.456 e. The number of benzene rings is 1. The van der Waals surface area contributed by atoms with E-state index in [-0.39, 0.29) is 44.6 Å². The number of Topliss-reactive ketones (excluding diaryl/α,β-unsaturated/α-hetero) is 1. The summed E-state index contributed by atoms with van der Waals surface area (Å²) < 4.78 is 4.94. The molecule has 0 unspecified atom stereocenters. The van der Waals surface area contributed by atoms with Crippen molar-refractivity contribution in [1.82, 2.24) is 4.90 Å². The van der Waals surface area contributed by atoms with Crippen LogP contribution < -0.4 is 0 Å². The molecule has 1 saturated heterocycles. The minimum Gasteiger partial charge on any atom is -0.456 e. The SMILES string of the molecule is O=C(CN1C(=O)[C@@H]2[C@H]3C[C@@H]([C@@H](Br)[C@H]3Br)[C@H]2C1=O)OCC(=O)c1ccc([N+](=O)[O-])cc1. The van der Waals surface area contributed by atoms with Crippen LogP contribution in [-0.4, -0.2) is 56.2 Å². The predicted octanol–water partition coefficient (Wildman–Crippen LogP) is 2.10. The number of nitro groups is 1. The summed E-state index contributed by atoms with van der Waals surface area (Å²) in [6.07, 6.45) is 0.792. The number of alkyl halides is 2. The maximum Gasteiger partial charge on any atom is 0.326 e. The normalized spacial score (nSPS) is 31.7. The van der Waals surface area contributed by atoms with Crippen LogP contribution in [0.5, 0.6) is 0 Å². The van der Waals surface area contributed by atoms with Gasteiger partial charge in [-0.15, -0.1) is 0 Å². The van der Waals surface area contributed by atoms with E-state index in [9.17, 15) is 29.3 Å². The number of carbonyl (C=O) groups excluding carboxylic acids is 4. The molecule has 3 fully saturated rings. The first-order valence-electron chi connectivity index (χ1n) is 9.27. The third-order valence-electron chi connectivity index (χ3n) is 6.13. The first kappa shape index (κ1) is 21.1. The number of nitro benzene ring substituents is 1. The number of carbonyl (C=O) groups is 4. The second-order valence-electron chi connectivity index (χ2n) is 7.65. The Bertz CT molecular complexity index is 919. The maximum atomic E-state index is 12.8. The summed E-state index contributed by atoms with van der Waals surface area (Å²) in [5.41, 5.74) is -0.00915. The molecule has 4 rings (SSSR count). The van der Waals surface area contributed by atoms with E-state index in [1.807, 2.05) is 0 Å². The van der Waals surface area contributed by atoms with Crippen molar-refractivity contribution in [3.63, 3.8) is 0 Å². The molecule has 2 saturated carbocycles. The van der Waals surface area contributed by atoms with Crippen LogP contribution in [0.15, 0.2) is 24.3 Å². The number of amides is 2. The molecule has 158 valence electrons. The summed E-state index contributed by atoms with van der Waals surface area (Å²) in [5.74, 6) is -2.87. The number of esters is 1. The molecule has 0 radical (unpaired) electrons. The molecule has 1 aromatic rings. The van der Waals surface area contributed by atoms with Crippen LogP contribution >= 0.6 is 31.9 Å². The third kappa shape index (κ3) is 3.37. The summed E-state index contributed by atoms with van der Waals surface area (Å²) in [4.78, 5) is 61.0. The molecule has 1 aliphatic heterocycles. The van der Waals surface area contributed by atoms with Gasteiger partial charge in [0.2, 0.25) is 11.8 Å². The predicted molar refractivity (Wildman–Crippen MR) is 109 cm³/mol. The molecule has 6 atom stereocenters. The molecular formula is C19H16Br2N2O7. The molecule has 0 N–H and O–H groups in total. The monoisotopic (exact) mass is 542 g/mol. The van der Waals surface area contributed by atoms with Gasteiger partial charge in [0.25, 0.3) is 5.69 Å². The van der Waals surface area contributed by atoms with Gasteiger partial charge in [-0.1, -0.05) is 31.9 Å². The lowest BCUT2D eigenvalue weighted by Crippen LogP contribution is -2.38. The fraction of sp³-hybridized carbons (Fsp3) is 0.474. The number of ketones is 1. The van der Waals surface area contributed by atoms with Gasteiger partial charge < -0.3 is 4.74 Å².